The molecular formula is C15H22O5. The highest BCUT2D eigenvalue weighted by atomic mass is 17.1. The van der Waals surface area contributed by atoms with Gasteiger partial charge in [0.25, 0.3) is 0 Å². The number of rotatable bonds is 1. The van der Waals surface area contributed by atoms with Gasteiger partial charge in [-0.1, -0.05) is 18.6 Å². The second kappa shape index (κ2) is 4.83. The van der Waals surface area contributed by atoms with Crippen molar-refractivity contribution >= 4 is 5.97 Å². The maximum atomic E-state index is 12.0. The Kier molecular flexibility index (Phi) is 3.39. The van der Waals surface area contributed by atoms with E-state index in [1.54, 1.807) is 6.92 Å². The number of hydrogen-bond donors (Lipinski definition) is 1. The Bertz CT molecular complexity index is 446. The van der Waals surface area contributed by atoms with Crippen molar-refractivity contribution in [3.05, 3.63) is 11.6 Å². The number of esters is 1. The second-order valence-corrected chi connectivity index (χ2v) is 6.51. The molecule has 20 heavy (non-hydrogen) atoms. The van der Waals surface area contributed by atoms with Crippen molar-refractivity contribution in [1.29, 1.82) is 0 Å². The van der Waals surface area contributed by atoms with Gasteiger partial charge in [-0.2, -0.15) is 0 Å². The fraction of sp³-hybridized carbons (Fsp3) is 0.800. The zero-order chi connectivity index (χ0) is 14.5. The Morgan fingerprint density at radius 1 is 1.50 bits per heavy atom. The summed E-state index contributed by atoms with van der Waals surface area (Å²) < 4.78 is 11.3. The van der Waals surface area contributed by atoms with E-state index in [-0.39, 0.29) is 23.7 Å². The van der Waals surface area contributed by atoms with Crippen LogP contribution in [0.3, 0.4) is 0 Å². The summed E-state index contributed by atoms with van der Waals surface area (Å²) in [5, 5.41) is 9.11. The van der Waals surface area contributed by atoms with Crippen LogP contribution in [0.25, 0.3) is 0 Å². The van der Waals surface area contributed by atoms with Gasteiger partial charge in [0.2, 0.25) is 12.1 Å². The van der Waals surface area contributed by atoms with Crippen LogP contribution in [-0.2, 0) is 19.2 Å². The van der Waals surface area contributed by atoms with Gasteiger partial charge < -0.3 is 9.47 Å². The van der Waals surface area contributed by atoms with Crippen LogP contribution < -0.4 is 0 Å². The highest BCUT2D eigenvalue weighted by Crippen LogP contribution is 2.50. The minimum Gasteiger partial charge on any atom is -0.435 e. The first kappa shape index (κ1) is 14.0. The number of carbonyl (C=O) groups is 1. The number of carbonyl (C=O) groups excluding carboxylic acids is 1. The zero-order valence-corrected chi connectivity index (χ0v) is 12.2. The maximum absolute atomic E-state index is 12.0. The molecule has 3 rings (SSSR count). The Labute approximate surface area is 118 Å². The minimum atomic E-state index is -1.10. The molecule has 0 bridgehead atoms. The van der Waals surface area contributed by atoms with Crippen LogP contribution in [0, 0.1) is 23.7 Å². The van der Waals surface area contributed by atoms with Gasteiger partial charge in [0.05, 0.1) is 5.92 Å². The minimum absolute atomic E-state index is 0.105. The third kappa shape index (κ3) is 2.08. The molecule has 5 heteroatoms. The average Bonchev–Trinajstić information content (AvgIpc) is 2.57. The molecule has 112 valence electrons. The molecule has 0 aromatic carbocycles. The standard InChI is InChI=1S/C15H22O5/c1-8-4-5-11-9(2)13(16)18-14-12(11)10(8)6-7-15(3,19-14)20-17/h4,9-12,14,17H,5-7H2,1-3H3/t9-,10?,11+,12?,14-,15-/m1/s1. The molecule has 0 radical (unpaired) electrons. The summed E-state index contributed by atoms with van der Waals surface area (Å²) in [6, 6.07) is 0. The molecule has 1 aliphatic carbocycles. The molecule has 2 saturated heterocycles. The SMILES string of the molecule is CC1=CC[C@@H]2C3C1CC[C@@](C)(OO)O[C@H]3OC(=O)[C@@H]2C. The lowest BCUT2D eigenvalue weighted by atomic mass is 9.65. The lowest BCUT2D eigenvalue weighted by Gasteiger charge is -2.45. The van der Waals surface area contributed by atoms with E-state index in [4.69, 9.17) is 14.7 Å². The average molecular weight is 282 g/mol. The van der Waals surface area contributed by atoms with Crippen molar-refractivity contribution in [3.63, 3.8) is 0 Å². The van der Waals surface area contributed by atoms with Crippen LogP contribution in [0.5, 0.6) is 0 Å². The largest absolute Gasteiger partial charge is 0.435 e. The first-order chi connectivity index (χ1) is 9.45. The molecule has 2 aliphatic heterocycles. The maximum Gasteiger partial charge on any atom is 0.311 e. The highest BCUT2D eigenvalue weighted by molar-refractivity contribution is 5.73. The molecule has 3 aliphatic rings. The summed E-state index contributed by atoms with van der Waals surface area (Å²) >= 11 is 0. The fourth-order valence-electron chi connectivity index (χ4n) is 3.95. The molecular weight excluding hydrogens is 260 g/mol. The lowest BCUT2D eigenvalue weighted by molar-refractivity contribution is -0.425. The van der Waals surface area contributed by atoms with E-state index in [9.17, 15) is 4.79 Å². The van der Waals surface area contributed by atoms with E-state index in [1.807, 2.05) is 6.92 Å². The van der Waals surface area contributed by atoms with Crippen LogP contribution in [0.2, 0.25) is 0 Å². The quantitative estimate of drug-likeness (QED) is 0.347. The number of hydrogen-bond acceptors (Lipinski definition) is 5. The first-order valence-electron chi connectivity index (χ1n) is 7.33. The second-order valence-electron chi connectivity index (χ2n) is 6.51. The van der Waals surface area contributed by atoms with Crippen LogP contribution in [0.4, 0.5) is 0 Å². The Hall–Kier alpha value is -0.910. The topological polar surface area (TPSA) is 65.0 Å². The van der Waals surface area contributed by atoms with Crippen LogP contribution in [-0.4, -0.2) is 23.3 Å². The predicted octanol–water partition coefficient (Wildman–Crippen LogP) is 2.72. The molecule has 0 spiro atoms. The van der Waals surface area contributed by atoms with Gasteiger partial charge in [0.15, 0.2) is 0 Å². The number of ether oxygens (including phenoxy) is 2. The summed E-state index contributed by atoms with van der Waals surface area (Å²) in [4.78, 5) is 16.5. The Morgan fingerprint density at radius 3 is 2.95 bits per heavy atom. The van der Waals surface area contributed by atoms with Gasteiger partial charge in [-0.3, -0.25) is 4.79 Å². The van der Waals surface area contributed by atoms with Crippen LogP contribution in [0.15, 0.2) is 11.6 Å². The highest BCUT2D eigenvalue weighted by Gasteiger charge is 2.53. The third-order valence-electron chi connectivity index (χ3n) is 5.28. The van der Waals surface area contributed by atoms with Gasteiger partial charge in [0, 0.05) is 12.3 Å². The van der Waals surface area contributed by atoms with Crippen LogP contribution in [0.1, 0.15) is 40.0 Å². The molecule has 0 saturated carbocycles. The summed E-state index contributed by atoms with van der Waals surface area (Å²) in [5.74, 6) is -0.698. The summed E-state index contributed by atoms with van der Waals surface area (Å²) in [7, 11) is 0. The molecule has 5 nitrogen and oxygen atoms in total. The molecule has 0 aromatic rings. The third-order valence-corrected chi connectivity index (χ3v) is 5.28. The van der Waals surface area contributed by atoms with E-state index < -0.39 is 12.1 Å². The van der Waals surface area contributed by atoms with E-state index in [0.717, 1.165) is 12.8 Å². The van der Waals surface area contributed by atoms with E-state index in [2.05, 4.69) is 17.9 Å². The van der Waals surface area contributed by atoms with E-state index in [1.165, 1.54) is 5.57 Å². The summed E-state index contributed by atoms with van der Waals surface area (Å²) in [6.07, 6.45) is 3.93. The van der Waals surface area contributed by atoms with Crippen molar-refractivity contribution in [2.24, 2.45) is 23.7 Å². The van der Waals surface area contributed by atoms with Gasteiger partial charge >= 0.3 is 5.97 Å². The first-order valence-corrected chi connectivity index (χ1v) is 7.33. The van der Waals surface area contributed by atoms with Crippen molar-refractivity contribution in [1.82, 2.24) is 0 Å². The molecule has 1 N–H and O–H groups in total. The summed E-state index contributed by atoms with van der Waals surface area (Å²) in [6.45, 7) is 5.74. The Balaban J connectivity index is 1.98. The van der Waals surface area contributed by atoms with Crippen molar-refractivity contribution in [2.45, 2.75) is 52.1 Å². The molecule has 0 aromatic heterocycles. The van der Waals surface area contributed by atoms with Gasteiger partial charge in [0.1, 0.15) is 0 Å². The van der Waals surface area contributed by atoms with Crippen molar-refractivity contribution < 1.29 is 24.4 Å². The molecule has 6 atom stereocenters. The van der Waals surface area contributed by atoms with Crippen LogP contribution >= 0.6 is 0 Å². The fourth-order valence-corrected chi connectivity index (χ4v) is 3.95. The van der Waals surface area contributed by atoms with Gasteiger partial charge in [-0.05, 0) is 38.5 Å². The van der Waals surface area contributed by atoms with E-state index in [0.29, 0.717) is 12.3 Å². The molecule has 2 heterocycles. The number of allylic oxidation sites excluding steroid dienone is 2. The van der Waals surface area contributed by atoms with Crippen molar-refractivity contribution in [2.75, 3.05) is 0 Å². The predicted molar refractivity (Wildman–Crippen MR) is 70.3 cm³/mol. The van der Waals surface area contributed by atoms with Crippen molar-refractivity contribution in [3.8, 4) is 0 Å². The summed E-state index contributed by atoms with van der Waals surface area (Å²) in [5.41, 5.74) is 1.33. The van der Waals surface area contributed by atoms with Gasteiger partial charge in [-0.25, -0.2) is 10.1 Å². The molecule has 2 unspecified atom stereocenters. The lowest BCUT2D eigenvalue weighted by Crippen LogP contribution is -2.50. The van der Waals surface area contributed by atoms with Gasteiger partial charge in [-0.15, -0.1) is 0 Å². The zero-order valence-electron chi connectivity index (χ0n) is 12.2. The van der Waals surface area contributed by atoms with E-state index >= 15 is 0 Å². The molecule has 2 fully saturated rings. The Morgan fingerprint density at radius 2 is 2.25 bits per heavy atom. The monoisotopic (exact) mass is 282 g/mol. The molecule has 0 amide bonds. The smallest absolute Gasteiger partial charge is 0.311 e. The normalized spacial score (nSPS) is 47.9.